The Balaban J connectivity index is 1.03. The highest BCUT2D eigenvalue weighted by Gasteiger charge is 2.39. The first-order valence-corrected chi connectivity index (χ1v) is 22.5. The van der Waals surface area contributed by atoms with E-state index in [4.69, 9.17) is 20.1 Å². The monoisotopic (exact) mass is 849 g/mol. The molecular formula is C62H47N3O. The third-order valence-electron chi connectivity index (χ3n) is 13.4. The summed E-state index contributed by atoms with van der Waals surface area (Å²) in [5, 5.41) is 1.92. The second kappa shape index (κ2) is 16.3. The lowest BCUT2D eigenvalue weighted by molar-refractivity contribution is 0.660. The Bertz CT molecular complexity index is 3410. The molecule has 0 bridgehead atoms. The van der Waals surface area contributed by atoms with Gasteiger partial charge in [0.05, 0.1) is 11.1 Å². The zero-order chi connectivity index (χ0) is 44.8. The third kappa shape index (κ3) is 6.69. The zero-order valence-corrected chi connectivity index (χ0v) is 36.9. The minimum atomic E-state index is -0.570. The first-order valence-electron chi connectivity index (χ1n) is 22.5. The molecule has 0 atom stereocenters. The van der Waals surface area contributed by atoms with Gasteiger partial charge in [-0.15, -0.1) is 0 Å². The smallest absolute Gasteiger partial charge is 0.162 e. The number of aliphatic imine (C=N–C) groups is 2. The van der Waals surface area contributed by atoms with Crippen molar-refractivity contribution >= 4 is 39.3 Å². The van der Waals surface area contributed by atoms with Gasteiger partial charge in [-0.25, -0.2) is 9.98 Å². The lowest BCUT2D eigenvalue weighted by Gasteiger charge is -2.37. The van der Waals surface area contributed by atoms with Crippen molar-refractivity contribution in [3.8, 4) is 22.3 Å². The molecule has 0 aliphatic heterocycles. The van der Waals surface area contributed by atoms with Crippen LogP contribution in [0.3, 0.4) is 0 Å². The van der Waals surface area contributed by atoms with Gasteiger partial charge in [0.2, 0.25) is 0 Å². The Labute approximate surface area is 385 Å². The Morgan fingerprint density at radius 1 is 0.500 bits per heavy atom. The molecule has 11 rings (SSSR count). The highest BCUT2D eigenvalue weighted by Crippen LogP contribution is 2.50. The summed E-state index contributed by atoms with van der Waals surface area (Å²) in [4.78, 5) is 10.3. The first kappa shape index (κ1) is 40.4. The van der Waals surface area contributed by atoms with E-state index in [0.29, 0.717) is 17.4 Å². The highest BCUT2D eigenvalue weighted by atomic mass is 16.3. The summed E-state index contributed by atoms with van der Waals surface area (Å²) in [5.74, 6) is 0.867. The molecule has 1 heterocycles. The van der Waals surface area contributed by atoms with Gasteiger partial charge in [-0.2, -0.15) is 0 Å². The molecule has 0 radical (unpaired) electrons. The third-order valence-corrected chi connectivity index (χ3v) is 13.4. The van der Waals surface area contributed by atoms with Gasteiger partial charge < -0.3 is 10.2 Å². The summed E-state index contributed by atoms with van der Waals surface area (Å²) in [6.07, 6.45) is 0. The van der Waals surface area contributed by atoms with E-state index in [1.807, 2.05) is 42.5 Å². The molecule has 10 aromatic rings. The Kier molecular flexibility index (Phi) is 10.0. The molecule has 0 saturated heterocycles. The summed E-state index contributed by atoms with van der Waals surface area (Å²) >= 11 is 0. The van der Waals surface area contributed by atoms with Crippen molar-refractivity contribution in [3.05, 3.63) is 281 Å². The minimum Gasteiger partial charge on any atom is -0.456 e. The van der Waals surface area contributed by atoms with Gasteiger partial charge in [0.15, 0.2) is 5.84 Å². The quantitative estimate of drug-likeness (QED) is 0.0893. The van der Waals surface area contributed by atoms with Crippen molar-refractivity contribution in [3.63, 3.8) is 0 Å². The van der Waals surface area contributed by atoms with Gasteiger partial charge in [-0.05, 0) is 79.9 Å². The lowest BCUT2D eigenvalue weighted by atomic mass is 9.65. The maximum absolute atomic E-state index is 7.05. The van der Waals surface area contributed by atoms with Crippen LogP contribution in [0.25, 0.3) is 49.9 Å². The van der Waals surface area contributed by atoms with Crippen LogP contribution in [0.15, 0.2) is 245 Å². The molecule has 4 heteroatoms. The predicted octanol–water partition coefficient (Wildman–Crippen LogP) is 14.8. The first-order chi connectivity index (χ1) is 32.3. The van der Waals surface area contributed by atoms with E-state index < -0.39 is 5.41 Å². The van der Waals surface area contributed by atoms with E-state index in [2.05, 4.69) is 202 Å². The maximum Gasteiger partial charge on any atom is 0.162 e. The number of rotatable bonds is 9. The Morgan fingerprint density at radius 2 is 1.05 bits per heavy atom. The molecule has 66 heavy (non-hydrogen) atoms. The van der Waals surface area contributed by atoms with Crippen molar-refractivity contribution < 1.29 is 4.42 Å². The molecule has 316 valence electrons. The molecule has 0 spiro atoms. The van der Waals surface area contributed by atoms with E-state index in [0.717, 1.165) is 55.3 Å². The van der Waals surface area contributed by atoms with Crippen molar-refractivity contribution in [1.29, 1.82) is 0 Å². The van der Waals surface area contributed by atoms with Crippen LogP contribution in [0.4, 0.5) is 0 Å². The fourth-order valence-electron chi connectivity index (χ4n) is 10.3. The molecular weight excluding hydrogens is 803 g/mol. The van der Waals surface area contributed by atoms with E-state index in [1.54, 1.807) is 0 Å². The van der Waals surface area contributed by atoms with Crippen molar-refractivity contribution in [2.24, 2.45) is 15.7 Å². The number of fused-ring (bicyclic) bond motifs is 6. The molecule has 0 fully saturated rings. The van der Waals surface area contributed by atoms with Gasteiger partial charge >= 0.3 is 0 Å². The summed E-state index contributed by atoms with van der Waals surface area (Å²) < 4.78 is 6.55. The van der Waals surface area contributed by atoms with Crippen molar-refractivity contribution in [2.45, 2.75) is 24.7 Å². The number of amidine groups is 2. The summed E-state index contributed by atoms with van der Waals surface area (Å²) in [5.41, 5.74) is 22.7. The number of hydrogen-bond acceptors (Lipinski definition) is 2. The number of nitrogens with two attached hydrogens (primary N) is 1. The Hall–Kier alpha value is -8.34. The summed E-state index contributed by atoms with van der Waals surface area (Å²) in [6.45, 7) is 9.12. The second-order valence-corrected chi connectivity index (χ2v) is 17.6. The van der Waals surface area contributed by atoms with E-state index >= 15 is 0 Å². The number of furan rings is 1. The second-order valence-electron chi connectivity index (χ2n) is 17.6. The van der Waals surface area contributed by atoms with Crippen LogP contribution < -0.4 is 5.73 Å². The SMILES string of the molecule is C=C(/N=C(\N=C(/N)c1cccc2c1-c1ccccc1C2(C)C)c1ccccc1)c1cccc2oc3ccc(-c4cccc(C(c5ccccc5)(c5ccccc5)c5ccccc5)c4)cc3c12. The minimum absolute atomic E-state index is 0.168. The van der Waals surface area contributed by atoms with Gasteiger partial charge in [0.1, 0.15) is 17.0 Å². The molecule has 9 aromatic carbocycles. The molecule has 0 saturated carbocycles. The van der Waals surface area contributed by atoms with Crippen molar-refractivity contribution in [1.82, 2.24) is 0 Å². The molecule has 4 nitrogen and oxygen atoms in total. The van der Waals surface area contributed by atoms with E-state index in [-0.39, 0.29) is 5.41 Å². The largest absolute Gasteiger partial charge is 0.456 e. The zero-order valence-electron chi connectivity index (χ0n) is 36.9. The fourth-order valence-corrected chi connectivity index (χ4v) is 10.3. The normalized spacial score (nSPS) is 13.4. The van der Waals surface area contributed by atoms with Gasteiger partial charge in [0.25, 0.3) is 0 Å². The molecule has 1 aliphatic rings. The fraction of sp³-hybridized carbons (Fsp3) is 0.0645. The number of nitrogens with zero attached hydrogens (tertiary/aromatic N) is 2. The topological polar surface area (TPSA) is 63.9 Å². The van der Waals surface area contributed by atoms with Crippen LogP contribution in [-0.4, -0.2) is 11.7 Å². The van der Waals surface area contributed by atoms with Crippen LogP contribution in [0, 0.1) is 0 Å². The van der Waals surface area contributed by atoms with E-state index in [9.17, 15) is 0 Å². The predicted molar refractivity (Wildman–Crippen MR) is 274 cm³/mol. The van der Waals surface area contributed by atoms with E-state index in [1.165, 1.54) is 38.9 Å². The van der Waals surface area contributed by atoms with Crippen molar-refractivity contribution in [2.75, 3.05) is 0 Å². The van der Waals surface area contributed by atoms with Crippen LogP contribution in [0.5, 0.6) is 0 Å². The lowest BCUT2D eigenvalue weighted by Crippen LogP contribution is -2.31. The number of benzene rings is 9. The van der Waals surface area contributed by atoms with Crippen LogP contribution in [-0.2, 0) is 10.8 Å². The van der Waals surface area contributed by atoms with Gasteiger partial charge in [-0.1, -0.05) is 221 Å². The molecule has 2 N–H and O–H groups in total. The average Bonchev–Trinajstić information content (AvgIpc) is 3.86. The van der Waals surface area contributed by atoms with Gasteiger partial charge in [0, 0.05) is 32.9 Å². The molecule has 1 aliphatic carbocycles. The average molecular weight is 850 g/mol. The standard InChI is InChI=1S/C62H47N3O/c1-41(64-60(42-21-8-4-9-22-42)65-59(63)51-33-19-35-54-57(51)50-31-16-17-34-53(50)61(54,2)3)49-32-20-36-56-58(49)52-40-44(37-38-55(52)66-56)43-23-18-30-48(39-43)62(45-24-10-5-11-25-45,46-26-12-6-13-27-46)47-28-14-7-15-29-47/h4-40H,1H2,2-3H3,(H2,63,64,65). The summed E-state index contributed by atoms with van der Waals surface area (Å²) in [7, 11) is 0. The van der Waals surface area contributed by atoms with Crippen LogP contribution >= 0.6 is 0 Å². The van der Waals surface area contributed by atoms with Gasteiger partial charge in [-0.3, -0.25) is 0 Å². The number of hydrogen-bond donors (Lipinski definition) is 1. The summed E-state index contributed by atoms with van der Waals surface area (Å²) in [6, 6.07) is 78.9. The molecule has 0 amide bonds. The highest BCUT2D eigenvalue weighted by molar-refractivity contribution is 6.16. The van der Waals surface area contributed by atoms with Crippen LogP contribution in [0.2, 0.25) is 0 Å². The maximum atomic E-state index is 7.05. The molecule has 1 aromatic heterocycles. The van der Waals surface area contributed by atoms with Crippen LogP contribution in [0.1, 0.15) is 63.9 Å². The molecule has 0 unspecified atom stereocenters. The Morgan fingerprint density at radius 3 is 1.73 bits per heavy atom.